The third-order valence-corrected chi connectivity index (χ3v) is 7.44. The Hall–Kier alpha value is -1.21. The van der Waals surface area contributed by atoms with Gasteiger partial charge in [0.2, 0.25) is 5.91 Å². The molecule has 5 N–H and O–H groups in total. The number of hydrogen-bond acceptors (Lipinski definition) is 5. The molecule has 0 saturated carbocycles. The molecule has 0 aliphatic rings. The van der Waals surface area contributed by atoms with Gasteiger partial charge in [-0.25, -0.2) is 0 Å². The van der Waals surface area contributed by atoms with E-state index in [0.29, 0.717) is 12.8 Å². The molecule has 6 heteroatoms. The van der Waals surface area contributed by atoms with Crippen LogP contribution in [0.15, 0.2) is 24.3 Å². The molecule has 0 fully saturated rings. The molecule has 4 atom stereocenters. The Bertz CT molecular complexity index is 595. The predicted octanol–water partition coefficient (Wildman–Crippen LogP) is 6.89. The van der Waals surface area contributed by atoms with Crippen LogP contribution in [0.3, 0.4) is 0 Å². The SMILES string of the molecule is CCCCC/C=C\C=C/CCCCCCCC(O)C(=O)NC(CO)C(O)C(O)CCCCCCCCCCC. The average molecular weight is 554 g/mol. The predicted molar refractivity (Wildman–Crippen MR) is 164 cm³/mol. The van der Waals surface area contributed by atoms with Crippen molar-refractivity contribution in [1.29, 1.82) is 0 Å². The Morgan fingerprint density at radius 3 is 1.62 bits per heavy atom. The molecule has 0 aliphatic heterocycles. The molecule has 0 aromatic carbocycles. The molecular formula is C33H63NO5. The largest absolute Gasteiger partial charge is 0.394 e. The summed E-state index contributed by atoms with van der Waals surface area (Å²) in [6, 6.07) is -0.986. The summed E-state index contributed by atoms with van der Waals surface area (Å²) in [6.45, 7) is 3.95. The van der Waals surface area contributed by atoms with Crippen molar-refractivity contribution in [3.05, 3.63) is 24.3 Å². The van der Waals surface area contributed by atoms with E-state index in [1.54, 1.807) is 0 Å². The fourth-order valence-corrected chi connectivity index (χ4v) is 4.74. The van der Waals surface area contributed by atoms with Gasteiger partial charge in [-0.3, -0.25) is 4.79 Å². The molecule has 0 aromatic rings. The molecule has 1 amide bonds. The lowest BCUT2D eigenvalue weighted by Gasteiger charge is -2.27. The summed E-state index contributed by atoms with van der Waals surface area (Å²) in [6.07, 6.45) is 27.7. The monoisotopic (exact) mass is 553 g/mol. The van der Waals surface area contributed by atoms with Gasteiger partial charge in [0.1, 0.15) is 12.2 Å². The summed E-state index contributed by atoms with van der Waals surface area (Å²) in [7, 11) is 0. The number of amides is 1. The van der Waals surface area contributed by atoms with Gasteiger partial charge in [-0.2, -0.15) is 0 Å². The van der Waals surface area contributed by atoms with E-state index in [1.807, 2.05) is 0 Å². The van der Waals surface area contributed by atoms with E-state index in [-0.39, 0.29) is 0 Å². The van der Waals surface area contributed by atoms with Gasteiger partial charge in [0, 0.05) is 0 Å². The first-order valence-electron chi connectivity index (χ1n) is 16.2. The van der Waals surface area contributed by atoms with Crippen LogP contribution in [-0.2, 0) is 4.79 Å². The second kappa shape index (κ2) is 28.3. The summed E-state index contributed by atoms with van der Waals surface area (Å²) in [5, 5.41) is 43.1. The molecule has 6 nitrogen and oxygen atoms in total. The smallest absolute Gasteiger partial charge is 0.249 e. The number of aliphatic hydroxyl groups is 4. The van der Waals surface area contributed by atoms with Crippen LogP contribution in [0.25, 0.3) is 0 Å². The first-order chi connectivity index (χ1) is 19.0. The van der Waals surface area contributed by atoms with Crippen LogP contribution in [0.2, 0.25) is 0 Å². The lowest BCUT2D eigenvalue weighted by molar-refractivity contribution is -0.132. The third-order valence-electron chi connectivity index (χ3n) is 7.44. The van der Waals surface area contributed by atoms with Crippen molar-refractivity contribution < 1.29 is 25.2 Å². The van der Waals surface area contributed by atoms with Crippen LogP contribution in [0.4, 0.5) is 0 Å². The van der Waals surface area contributed by atoms with E-state index in [9.17, 15) is 25.2 Å². The fraction of sp³-hybridized carbons (Fsp3) is 0.848. The van der Waals surface area contributed by atoms with Crippen LogP contribution in [-0.4, -0.2) is 57.3 Å². The van der Waals surface area contributed by atoms with E-state index in [0.717, 1.165) is 64.2 Å². The quantitative estimate of drug-likeness (QED) is 0.0535. The van der Waals surface area contributed by atoms with Crippen LogP contribution < -0.4 is 5.32 Å². The first kappa shape index (κ1) is 37.8. The van der Waals surface area contributed by atoms with Gasteiger partial charge < -0.3 is 25.7 Å². The number of rotatable bonds is 28. The molecule has 0 spiro atoms. The van der Waals surface area contributed by atoms with Gasteiger partial charge in [-0.05, 0) is 38.5 Å². The van der Waals surface area contributed by atoms with E-state index >= 15 is 0 Å². The second-order valence-electron chi connectivity index (χ2n) is 11.2. The Morgan fingerprint density at radius 1 is 0.641 bits per heavy atom. The topological polar surface area (TPSA) is 110 Å². The molecular weight excluding hydrogens is 490 g/mol. The molecule has 0 saturated heterocycles. The van der Waals surface area contributed by atoms with Crippen molar-refractivity contribution in [3.8, 4) is 0 Å². The number of unbranched alkanes of at least 4 members (excludes halogenated alkanes) is 16. The lowest BCUT2D eigenvalue weighted by Crippen LogP contribution is -2.53. The number of hydrogen-bond donors (Lipinski definition) is 5. The maximum absolute atomic E-state index is 12.4. The number of carbonyl (C=O) groups is 1. The highest BCUT2D eigenvalue weighted by Crippen LogP contribution is 2.14. The van der Waals surface area contributed by atoms with Crippen molar-refractivity contribution in [1.82, 2.24) is 5.32 Å². The molecule has 39 heavy (non-hydrogen) atoms. The van der Waals surface area contributed by atoms with Crippen molar-refractivity contribution in [2.45, 2.75) is 173 Å². The minimum Gasteiger partial charge on any atom is -0.394 e. The zero-order chi connectivity index (χ0) is 29.0. The van der Waals surface area contributed by atoms with E-state index in [2.05, 4.69) is 43.5 Å². The molecule has 0 radical (unpaired) electrons. The summed E-state index contributed by atoms with van der Waals surface area (Å²) in [5.41, 5.74) is 0. The highest BCUT2D eigenvalue weighted by Gasteiger charge is 2.28. The highest BCUT2D eigenvalue weighted by molar-refractivity contribution is 5.80. The Kier molecular flexibility index (Phi) is 27.4. The molecule has 230 valence electrons. The number of aliphatic hydroxyl groups excluding tert-OH is 4. The summed E-state index contributed by atoms with van der Waals surface area (Å²) < 4.78 is 0. The van der Waals surface area contributed by atoms with E-state index in [4.69, 9.17) is 0 Å². The van der Waals surface area contributed by atoms with Gasteiger partial charge in [0.25, 0.3) is 0 Å². The highest BCUT2D eigenvalue weighted by atomic mass is 16.3. The number of allylic oxidation sites excluding steroid dienone is 4. The van der Waals surface area contributed by atoms with Crippen molar-refractivity contribution in [2.75, 3.05) is 6.61 Å². The molecule has 4 unspecified atom stereocenters. The maximum atomic E-state index is 12.4. The van der Waals surface area contributed by atoms with Gasteiger partial charge in [0.05, 0.1) is 18.8 Å². The summed E-state index contributed by atoms with van der Waals surface area (Å²) in [5.74, 6) is -0.601. The van der Waals surface area contributed by atoms with Crippen LogP contribution >= 0.6 is 0 Å². The van der Waals surface area contributed by atoms with E-state index in [1.165, 1.54) is 57.8 Å². The van der Waals surface area contributed by atoms with Gasteiger partial charge in [-0.1, -0.05) is 134 Å². The molecule has 0 aromatic heterocycles. The second-order valence-corrected chi connectivity index (χ2v) is 11.2. The third kappa shape index (κ3) is 23.2. The van der Waals surface area contributed by atoms with Crippen molar-refractivity contribution >= 4 is 5.91 Å². The minimum atomic E-state index is -1.26. The van der Waals surface area contributed by atoms with Crippen molar-refractivity contribution in [2.24, 2.45) is 0 Å². The molecule has 0 aliphatic carbocycles. The number of carbonyl (C=O) groups excluding carboxylic acids is 1. The number of nitrogens with one attached hydrogen (secondary N) is 1. The van der Waals surface area contributed by atoms with Gasteiger partial charge in [-0.15, -0.1) is 0 Å². The Labute approximate surface area is 240 Å². The molecule has 0 heterocycles. The van der Waals surface area contributed by atoms with Crippen LogP contribution in [0.1, 0.15) is 149 Å². The zero-order valence-corrected chi connectivity index (χ0v) is 25.4. The van der Waals surface area contributed by atoms with Gasteiger partial charge in [0.15, 0.2) is 0 Å². The fourth-order valence-electron chi connectivity index (χ4n) is 4.74. The Morgan fingerprint density at radius 2 is 1.08 bits per heavy atom. The summed E-state index contributed by atoms with van der Waals surface area (Å²) in [4.78, 5) is 12.4. The minimum absolute atomic E-state index is 0.351. The maximum Gasteiger partial charge on any atom is 0.249 e. The standard InChI is InChI=1S/C33H63NO5/c1-3-5-7-9-11-13-14-15-16-17-19-21-23-25-27-31(37)33(39)34-29(28-35)32(38)30(36)26-24-22-20-18-12-10-8-6-4-2/h11,13-15,29-32,35-38H,3-10,12,16-28H2,1-2H3,(H,34,39)/b13-11-,15-14-. The van der Waals surface area contributed by atoms with Crippen LogP contribution in [0.5, 0.6) is 0 Å². The molecule has 0 rings (SSSR count). The van der Waals surface area contributed by atoms with Gasteiger partial charge >= 0.3 is 0 Å². The lowest BCUT2D eigenvalue weighted by atomic mass is 9.99. The molecule has 0 bridgehead atoms. The summed E-state index contributed by atoms with van der Waals surface area (Å²) >= 11 is 0. The zero-order valence-electron chi connectivity index (χ0n) is 25.4. The normalized spacial score (nSPS) is 15.1. The Balaban J connectivity index is 3.92. The average Bonchev–Trinajstić information content (AvgIpc) is 2.94. The van der Waals surface area contributed by atoms with Crippen molar-refractivity contribution in [3.63, 3.8) is 0 Å². The van der Waals surface area contributed by atoms with E-state index < -0.39 is 36.9 Å². The van der Waals surface area contributed by atoms with Crippen LogP contribution in [0, 0.1) is 0 Å². The first-order valence-corrected chi connectivity index (χ1v) is 16.2.